The van der Waals surface area contributed by atoms with Crippen LogP contribution in [0, 0.1) is 5.41 Å². The third kappa shape index (κ3) is 2.88. The summed E-state index contributed by atoms with van der Waals surface area (Å²) in [5.74, 6) is 0. The molecule has 0 aromatic carbocycles. The number of aromatic nitrogens is 1. The van der Waals surface area contributed by atoms with Gasteiger partial charge in [0, 0.05) is 25.0 Å². The van der Waals surface area contributed by atoms with Crippen LogP contribution in [0.2, 0.25) is 5.15 Å². The smallest absolute Gasteiger partial charge is 0.131 e. The third-order valence-electron chi connectivity index (χ3n) is 3.42. The van der Waals surface area contributed by atoms with Gasteiger partial charge in [-0.3, -0.25) is 0 Å². The Hall–Kier alpha value is -0.760. The number of halogens is 1. The summed E-state index contributed by atoms with van der Waals surface area (Å²) in [6, 6.07) is 4.00. The molecule has 0 unspecified atom stereocenters. The molecule has 0 atom stereocenters. The van der Waals surface area contributed by atoms with Crippen molar-refractivity contribution < 1.29 is 0 Å². The lowest BCUT2D eigenvalue weighted by Crippen LogP contribution is -2.24. The van der Waals surface area contributed by atoms with Crippen molar-refractivity contribution in [2.75, 3.05) is 18.0 Å². The van der Waals surface area contributed by atoms with E-state index in [4.69, 9.17) is 11.6 Å². The lowest BCUT2D eigenvalue weighted by atomic mass is 9.85. The summed E-state index contributed by atoms with van der Waals surface area (Å²) in [5, 5.41) is 0.584. The van der Waals surface area contributed by atoms with Crippen LogP contribution in [0.1, 0.15) is 33.1 Å². The molecule has 1 saturated heterocycles. The molecule has 1 aliphatic rings. The molecule has 1 aliphatic heterocycles. The minimum absolute atomic E-state index is 0.478. The van der Waals surface area contributed by atoms with Crippen molar-refractivity contribution in [2.24, 2.45) is 5.41 Å². The maximum atomic E-state index is 5.92. The van der Waals surface area contributed by atoms with Gasteiger partial charge in [-0.25, -0.2) is 4.98 Å². The second kappa shape index (κ2) is 4.62. The van der Waals surface area contributed by atoms with Gasteiger partial charge in [-0.1, -0.05) is 25.4 Å². The molecule has 1 aromatic heterocycles. The molecular formula is C13H19ClN2. The van der Waals surface area contributed by atoms with Gasteiger partial charge in [0.1, 0.15) is 5.15 Å². The number of anilines is 1. The van der Waals surface area contributed by atoms with Crippen molar-refractivity contribution in [3.05, 3.63) is 23.5 Å². The molecule has 0 amide bonds. The van der Waals surface area contributed by atoms with Gasteiger partial charge in [0.05, 0.1) is 0 Å². The first-order chi connectivity index (χ1) is 7.57. The fraction of sp³-hybridized carbons (Fsp3) is 0.615. The molecule has 3 heteroatoms. The molecule has 0 aliphatic carbocycles. The molecule has 2 rings (SSSR count). The minimum Gasteiger partial charge on any atom is -0.371 e. The second-order valence-electron chi connectivity index (χ2n) is 5.34. The Balaban J connectivity index is 2.11. The van der Waals surface area contributed by atoms with Gasteiger partial charge in [0.15, 0.2) is 0 Å². The highest BCUT2D eigenvalue weighted by molar-refractivity contribution is 6.29. The number of rotatable bonds is 1. The van der Waals surface area contributed by atoms with Crippen LogP contribution in [0.5, 0.6) is 0 Å². The van der Waals surface area contributed by atoms with E-state index in [9.17, 15) is 0 Å². The van der Waals surface area contributed by atoms with Crippen molar-refractivity contribution in [3.8, 4) is 0 Å². The molecule has 1 aromatic rings. The van der Waals surface area contributed by atoms with Crippen LogP contribution < -0.4 is 4.90 Å². The maximum Gasteiger partial charge on any atom is 0.131 e. The van der Waals surface area contributed by atoms with Gasteiger partial charge in [0.2, 0.25) is 0 Å². The fourth-order valence-corrected chi connectivity index (χ4v) is 2.44. The molecule has 2 heterocycles. The Morgan fingerprint density at radius 2 is 2.12 bits per heavy atom. The SMILES string of the molecule is CC1(C)CCCN(c2ccnc(Cl)c2)CC1. The van der Waals surface area contributed by atoms with Crippen molar-refractivity contribution in [1.29, 1.82) is 0 Å². The van der Waals surface area contributed by atoms with Gasteiger partial charge in [-0.2, -0.15) is 0 Å². The van der Waals surface area contributed by atoms with Crippen molar-refractivity contribution >= 4 is 17.3 Å². The van der Waals surface area contributed by atoms with E-state index in [-0.39, 0.29) is 0 Å². The Kier molecular flexibility index (Phi) is 3.38. The van der Waals surface area contributed by atoms with Crippen molar-refractivity contribution in [3.63, 3.8) is 0 Å². The van der Waals surface area contributed by atoms with E-state index in [0.717, 1.165) is 13.1 Å². The highest BCUT2D eigenvalue weighted by Crippen LogP contribution is 2.31. The first kappa shape index (κ1) is 11.7. The molecule has 2 nitrogen and oxygen atoms in total. The zero-order chi connectivity index (χ0) is 11.6. The molecule has 0 radical (unpaired) electrons. The summed E-state index contributed by atoms with van der Waals surface area (Å²) in [4.78, 5) is 6.44. The zero-order valence-electron chi connectivity index (χ0n) is 10.0. The van der Waals surface area contributed by atoms with Gasteiger partial charge in [-0.15, -0.1) is 0 Å². The van der Waals surface area contributed by atoms with Gasteiger partial charge in [0.25, 0.3) is 0 Å². The van der Waals surface area contributed by atoms with Gasteiger partial charge in [-0.05, 0) is 36.8 Å². The van der Waals surface area contributed by atoms with Crippen molar-refractivity contribution in [1.82, 2.24) is 4.98 Å². The molecule has 16 heavy (non-hydrogen) atoms. The van der Waals surface area contributed by atoms with Crippen LogP contribution in [0.25, 0.3) is 0 Å². The predicted octanol–water partition coefficient (Wildman–Crippen LogP) is 3.75. The Bertz CT molecular complexity index is 363. The number of hydrogen-bond acceptors (Lipinski definition) is 2. The van der Waals surface area contributed by atoms with E-state index in [1.165, 1.54) is 24.9 Å². The summed E-state index contributed by atoms with van der Waals surface area (Å²) in [6.45, 7) is 6.96. The molecule has 0 saturated carbocycles. The highest BCUT2D eigenvalue weighted by Gasteiger charge is 2.23. The number of pyridine rings is 1. The maximum absolute atomic E-state index is 5.92. The number of hydrogen-bond donors (Lipinski definition) is 0. The van der Waals surface area contributed by atoms with Crippen LogP contribution in [0.3, 0.4) is 0 Å². The summed E-state index contributed by atoms with van der Waals surface area (Å²) < 4.78 is 0. The van der Waals surface area contributed by atoms with Crippen LogP contribution in [0.4, 0.5) is 5.69 Å². The van der Waals surface area contributed by atoms with E-state index < -0.39 is 0 Å². The molecule has 0 spiro atoms. The van der Waals surface area contributed by atoms with Crippen molar-refractivity contribution in [2.45, 2.75) is 33.1 Å². The average molecular weight is 239 g/mol. The largest absolute Gasteiger partial charge is 0.371 e. The highest BCUT2D eigenvalue weighted by atomic mass is 35.5. The van der Waals surface area contributed by atoms with E-state index in [0.29, 0.717) is 10.6 Å². The minimum atomic E-state index is 0.478. The average Bonchev–Trinajstić information content (AvgIpc) is 2.39. The molecule has 88 valence electrons. The summed E-state index contributed by atoms with van der Waals surface area (Å²) in [5.41, 5.74) is 1.68. The molecule has 0 N–H and O–H groups in total. The monoisotopic (exact) mass is 238 g/mol. The summed E-state index contributed by atoms with van der Waals surface area (Å²) >= 11 is 5.92. The molecule has 0 bridgehead atoms. The Morgan fingerprint density at radius 1 is 1.31 bits per heavy atom. The third-order valence-corrected chi connectivity index (χ3v) is 3.62. The topological polar surface area (TPSA) is 16.1 Å². The zero-order valence-corrected chi connectivity index (χ0v) is 10.8. The Morgan fingerprint density at radius 3 is 2.88 bits per heavy atom. The fourth-order valence-electron chi connectivity index (χ4n) is 2.27. The normalized spacial score (nSPS) is 20.6. The first-order valence-electron chi connectivity index (χ1n) is 5.93. The van der Waals surface area contributed by atoms with E-state index in [1.54, 1.807) is 6.20 Å². The summed E-state index contributed by atoms with van der Waals surface area (Å²) in [7, 11) is 0. The standard InChI is InChI=1S/C13H19ClN2/c1-13(2)5-3-8-16(9-6-13)11-4-7-15-12(14)10-11/h4,7,10H,3,5-6,8-9H2,1-2H3. The van der Waals surface area contributed by atoms with Crippen LogP contribution in [-0.4, -0.2) is 18.1 Å². The van der Waals surface area contributed by atoms with E-state index in [1.807, 2.05) is 12.1 Å². The molecular weight excluding hydrogens is 220 g/mol. The predicted molar refractivity (Wildman–Crippen MR) is 69.1 cm³/mol. The first-order valence-corrected chi connectivity index (χ1v) is 6.31. The quantitative estimate of drug-likeness (QED) is 0.693. The second-order valence-corrected chi connectivity index (χ2v) is 5.73. The van der Waals surface area contributed by atoms with Crippen LogP contribution >= 0.6 is 11.6 Å². The van der Waals surface area contributed by atoms with Gasteiger partial charge < -0.3 is 4.90 Å². The van der Waals surface area contributed by atoms with Crippen LogP contribution in [-0.2, 0) is 0 Å². The van der Waals surface area contributed by atoms with E-state index >= 15 is 0 Å². The lowest BCUT2D eigenvalue weighted by Gasteiger charge is -2.24. The van der Waals surface area contributed by atoms with Crippen LogP contribution in [0.15, 0.2) is 18.3 Å². The van der Waals surface area contributed by atoms with E-state index in [2.05, 4.69) is 23.7 Å². The summed E-state index contributed by atoms with van der Waals surface area (Å²) in [6.07, 6.45) is 5.59. The molecule has 1 fully saturated rings. The van der Waals surface area contributed by atoms with Gasteiger partial charge >= 0.3 is 0 Å². The Labute approximate surface area is 103 Å². The number of nitrogens with zero attached hydrogens (tertiary/aromatic N) is 2. The lowest BCUT2D eigenvalue weighted by molar-refractivity contribution is 0.325.